The predicted octanol–water partition coefficient (Wildman–Crippen LogP) is 2.13. The molecule has 0 saturated heterocycles. The number of aromatic nitrogens is 2. The van der Waals surface area contributed by atoms with E-state index in [-0.39, 0.29) is 40.6 Å². The minimum Gasteiger partial charge on any atom is -0.462 e. The van der Waals surface area contributed by atoms with E-state index in [1.54, 1.807) is 14.0 Å². The van der Waals surface area contributed by atoms with Gasteiger partial charge in [0.15, 0.2) is 5.16 Å². The predicted molar refractivity (Wildman–Crippen MR) is 92.9 cm³/mol. The number of nitrogens with two attached hydrogens (primary N) is 1. The van der Waals surface area contributed by atoms with Crippen LogP contribution in [0.1, 0.15) is 17.3 Å². The minimum atomic E-state index is -0.594. The molecule has 2 aromatic rings. The minimum absolute atomic E-state index is 0.00436. The van der Waals surface area contributed by atoms with Gasteiger partial charge < -0.3 is 15.4 Å². The van der Waals surface area contributed by atoms with E-state index >= 15 is 0 Å². The van der Waals surface area contributed by atoms with Crippen LogP contribution in [0.4, 0.5) is 15.9 Å². The van der Waals surface area contributed by atoms with Crippen LogP contribution in [-0.2, 0) is 9.53 Å². The highest BCUT2D eigenvalue weighted by Crippen LogP contribution is 2.19. The first-order valence-electron chi connectivity index (χ1n) is 7.37. The largest absolute Gasteiger partial charge is 0.462 e. The highest BCUT2D eigenvalue weighted by molar-refractivity contribution is 7.99. The lowest BCUT2D eigenvalue weighted by molar-refractivity contribution is -0.115. The number of carbonyl (C=O) groups excluding carboxylic acids is 2. The number of hydrogen-bond acceptors (Lipinski definition) is 7. The number of esters is 1. The number of hydrogen-bond donors (Lipinski definition) is 1. The summed E-state index contributed by atoms with van der Waals surface area (Å²) >= 11 is 1.08. The van der Waals surface area contributed by atoms with Gasteiger partial charge >= 0.3 is 5.97 Å². The number of halogens is 1. The zero-order valence-electron chi connectivity index (χ0n) is 13.7. The third-order valence-corrected chi connectivity index (χ3v) is 4.05. The number of rotatable bonds is 6. The summed E-state index contributed by atoms with van der Waals surface area (Å²) in [5, 5.41) is 0.270. The van der Waals surface area contributed by atoms with Crippen LogP contribution in [0.25, 0.3) is 0 Å². The fourth-order valence-corrected chi connectivity index (χ4v) is 2.58. The molecule has 2 rings (SSSR count). The Morgan fingerprint density at radius 3 is 2.60 bits per heavy atom. The Labute approximate surface area is 148 Å². The van der Waals surface area contributed by atoms with Crippen molar-refractivity contribution in [2.75, 3.05) is 30.0 Å². The second-order valence-corrected chi connectivity index (χ2v) is 5.83. The van der Waals surface area contributed by atoms with Gasteiger partial charge in [-0.15, -0.1) is 0 Å². The Morgan fingerprint density at radius 1 is 1.32 bits per heavy atom. The average Bonchev–Trinajstić information content (AvgIpc) is 2.60. The molecule has 1 amide bonds. The molecule has 1 aromatic heterocycles. The maximum absolute atomic E-state index is 12.9. The lowest BCUT2D eigenvalue weighted by Gasteiger charge is -2.16. The second kappa shape index (κ2) is 8.43. The highest BCUT2D eigenvalue weighted by Gasteiger charge is 2.16. The Kier molecular flexibility index (Phi) is 6.29. The van der Waals surface area contributed by atoms with Crippen molar-refractivity contribution < 1.29 is 18.7 Å². The average molecular weight is 364 g/mol. The fourth-order valence-electron chi connectivity index (χ4n) is 1.85. The molecule has 0 aliphatic heterocycles. The molecule has 132 valence electrons. The number of benzene rings is 1. The molecule has 0 aliphatic carbocycles. The molecule has 0 bridgehead atoms. The van der Waals surface area contributed by atoms with Gasteiger partial charge in [-0.2, -0.15) is 0 Å². The van der Waals surface area contributed by atoms with E-state index in [4.69, 9.17) is 10.5 Å². The van der Waals surface area contributed by atoms with E-state index in [0.717, 1.165) is 11.8 Å². The van der Waals surface area contributed by atoms with Crippen molar-refractivity contribution in [3.63, 3.8) is 0 Å². The zero-order chi connectivity index (χ0) is 18.4. The van der Waals surface area contributed by atoms with Crippen molar-refractivity contribution in [2.45, 2.75) is 12.1 Å². The van der Waals surface area contributed by atoms with Crippen LogP contribution in [0, 0.1) is 5.82 Å². The second-order valence-electron chi connectivity index (χ2n) is 4.89. The molecule has 0 saturated carbocycles. The van der Waals surface area contributed by atoms with Crippen molar-refractivity contribution in [3.8, 4) is 0 Å². The van der Waals surface area contributed by atoms with E-state index in [1.165, 1.54) is 35.4 Å². The molecule has 0 unspecified atom stereocenters. The number of thioether (sulfide) groups is 1. The van der Waals surface area contributed by atoms with Gasteiger partial charge in [0.05, 0.1) is 12.4 Å². The Bertz CT molecular complexity index is 770. The maximum Gasteiger partial charge on any atom is 0.343 e. The van der Waals surface area contributed by atoms with Crippen molar-refractivity contribution in [1.82, 2.24) is 9.97 Å². The summed E-state index contributed by atoms with van der Waals surface area (Å²) in [6.07, 6.45) is 1.27. The summed E-state index contributed by atoms with van der Waals surface area (Å²) in [7, 11) is 1.59. The van der Waals surface area contributed by atoms with Crippen LogP contribution in [-0.4, -0.2) is 41.3 Å². The van der Waals surface area contributed by atoms with Crippen LogP contribution < -0.4 is 10.6 Å². The molecular weight excluding hydrogens is 347 g/mol. The third kappa shape index (κ3) is 4.90. The highest BCUT2D eigenvalue weighted by atomic mass is 32.2. The van der Waals surface area contributed by atoms with Gasteiger partial charge in [-0.25, -0.2) is 19.2 Å². The molecule has 9 heteroatoms. The van der Waals surface area contributed by atoms with Gasteiger partial charge in [-0.05, 0) is 31.2 Å². The van der Waals surface area contributed by atoms with Gasteiger partial charge in [0.25, 0.3) is 0 Å². The van der Waals surface area contributed by atoms with E-state index in [2.05, 4.69) is 9.97 Å². The molecule has 25 heavy (non-hydrogen) atoms. The summed E-state index contributed by atoms with van der Waals surface area (Å²) < 4.78 is 17.8. The molecule has 2 N–H and O–H groups in total. The Morgan fingerprint density at radius 2 is 2.00 bits per heavy atom. The lowest BCUT2D eigenvalue weighted by atomic mass is 10.3. The Balaban J connectivity index is 1.98. The first kappa shape index (κ1) is 18.7. The first-order chi connectivity index (χ1) is 11.9. The number of anilines is 2. The van der Waals surface area contributed by atoms with Crippen LogP contribution in [0.2, 0.25) is 0 Å². The monoisotopic (exact) mass is 364 g/mol. The quantitative estimate of drug-likeness (QED) is 0.476. The van der Waals surface area contributed by atoms with Gasteiger partial charge in [-0.3, -0.25) is 4.79 Å². The summed E-state index contributed by atoms with van der Waals surface area (Å²) in [5.41, 5.74) is 6.39. The zero-order valence-corrected chi connectivity index (χ0v) is 14.5. The van der Waals surface area contributed by atoms with Gasteiger partial charge in [0.1, 0.15) is 17.2 Å². The molecule has 0 spiro atoms. The van der Waals surface area contributed by atoms with Crippen LogP contribution in [0.15, 0.2) is 35.6 Å². The van der Waals surface area contributed by atoms with Crippen molar-refractivity contribution in [2.24, 2.45) is 0 Å². The molecule has 0 fully saturated rings. The van der Waals surface area contributed by atoms with Crippen molar-refractivity contribution in [1.29, 1.82) is 0 Å². The summed E-state index contributed by atoms with van der Waals surface area (Å²) in [5.74, 6) is -1.12. The van der Waals surface area contributed by atoms with Crippen LogP contribution in [0.3, 0.4) is 0 Å². The number of carbonyl (C=O) groups is 2. The number of ether oxygens (including phenoxy) is 1. The molecular formula is C16H17FN4O3S. The molecule has 0 atom stereocenters. The standard InChI is InChI=1S/C16H17FN4O3S/c1-3-24-15(23)12-8-19-16(20-14(12)18)25-9-13(22)21(2)11-6-4-10(17)5-7-11/h4-8H,3,9H2,1-2H3,(H2,18,19,20). The van der Waals surface area contributed by atoms with E-state index in [9.17, 15) is 14.0 Å². The van der Waals surface area contributed by atoms with Crippen LogP contribution >= 0.6 is 11.8 Å². The molecule has 0 aliphatic rings. The van der Waals surface area contributed by atoms with Crippen molar-refractivity contribution >= 4 is 35.1 Å². The van der Waals surface area contributed by atoms with Gasteiger partial charge in [-0.1, -0.05) is 11.8 Å². The van der Waals surface area contributed by atoms with Crippen LogP contribution in [0.5, 0.6) is 0 Å². The van der Waals surface area contributed by atoms with Gasteiger partial charge in [0, 0.05) is 18.9 Å². The van der Waals surface area contributed by atoms with E-state index in [1.807, 2.05) is 0 Å². The first-order valence-corrected chi connectivity index (χ1v) is 8.35. The molecule has 0 radical (unpaired) electrons. The normalized spacial score (nSPS) is 10.4. The fraction of sp³-hybridized carbons (Fsp3) is 0.250. The molecule has 1 heterocycles. The van der Waals surface area contributed by atoms with Gasteiger partial charge in [0.2, 0.25) is 5.91 Å². The van der Waals surface area contributed by atoms with E-state index < -0.39 is 5.97 Å². The maximum atomic E-state index is 12.9. The SMILES string of the molecule is CCOC(=O)c1cnc(SCC(=O)N(C)c2ccc(F)cc2)nc1N. The van der Waals surface area contributed by atoms with E-state index in [0.29, 0.717) is 5.69 Å². The number of nitrogens with zero attached hydrogens (tertiary/aromatic N) is 3. The molecule has 1 aromatic carbocycles. The summed E-state index contributed by atoms with van der Waals surface area (Å²) in [6, 6.07) is 5.59. The summed E-state index contributed by atoms with van der Waals surface area (Å²) in [4.78, 5) is 33.2. The third-order valence-electron chi connectivity index (χ3n) is 3.20. The van der Waals surface area contributed by atoms with Crippen molar-refractivity contribution in [3.05, 3.63) is 41.8 Å². The topological polar surface area (TPSA) is 98.4 Å². The Hall–Kier alpha value is -2.68. The molecule has 7 nitrogen and oxygen atoms in total. The summed E-state index contributed by atoms with van der Waals surface area (Å²) in [6.45, 7) is 1.90. The number of nitrogen functional groups attached to an aromatic ring is 1. The number of amides is 1. The lowest BCUT2D eigenvalue weighted by Crippen LogP contribution is -2.28. The smallest absolute Gasteiger partial charge is 0.343 e.